The smallest absolute Gasteiger partial charge is 0.178 e. The van der Waals surface area contributed by atoms with E-state index in [4.69, 9.17) is 0 Å². The van der Waals surface area contributed by atoms with E-state index >= 15 is 0 Å². The lowest BCUT2D eigenvalue weighted by atomic mass is 10.3. The average Bonchev–Trinajstić information content (AvgIpc) is 3.08. The van der Waals surface area contributed by atoms with E-state index in [-0.39, 0.29) is 0 Å². The Morgan fingerprint density at radius 3 is 2.78 bits per heavy atom. The Hall–Kier alpha value is -2.27. The van der Waals surface area contributed by atoms with E-state index < -0.39 is 0 Å². The summed E-state index contributed by atoms with van der Waals surface area (Å²) in [6, 6.07) is 9.85. The lowest BCUT2D eigenvalue weighted by Gasteiger charge is -1.98. The van der Waals surface area contributed by atoms with Gasteiger partial charge < -0.3 is 0 Å². The highest BCUT2D eigenvalue weighted by atomic mass is 32.1. The minimum atomic E-state index is 0.484. The molecular formula is C13H9N3OS. The molecule has 88 valence electrons. The van der Waals surface area contributed by atoms with Crippen LogP contribution in [-0.4, -0.2) is 21.1 Å². The maximum absolute atomic E-state index is 10.6. The van der Waals surface area contributed by atoms with E-state index in [9.17, 15) is 4.79 Å². The van der Waals surface area contributed by atoms with Crippen molar-refractivity contribution < 1.29 is 4.79 Å². The topological polar surface area (TPSA) is 47.8 Å². The van der Waals surface area contributed by atoms with Crippen molar-refractivity contribution in [1.82, 2.24) is 14.8 Å². The maximum Gasteiger partial charge on any atom is 0.178 e. The minimum absolute atomic E-state index is 0.484. The Morgan fingerprint density at radius 1 is 1.22 bits per heavy atom. The van der Waals surface area contributed by atoms with Crippen molar-refractivity contribution in [3.63, 3.8) is 0 Å². The van der Waals surface area contributed by atoms with Gasteiger partial charge in [0.1, 0.15) is 0 Å². The molecule has 0 N–H and O–H groups in total. The van der Waals surface area contributed by atoms with Crippen molar-refractivity contribution in [2.24, 2.45) is 0 Å². The summed E-state index contributed by atoms with van der Waals surface area (Å²) in [5, 5.41) is 6.63. The molecule has 0 aliphatic rings. The van der Waals surface area contributed by atoms with Crippen molar-refractivity contribution in [1.29, 1.82) is 0 Å². The first-order valence-electron chi connectivity index (χ1n) is 5.38. The number of rotatable bonds is 3. The van der Waals surface area contributed by atoms with E-state index in [1.807, 2.05) is 41.9 Å². The molecule has 0 aliphatic carbocycles. The highest BCUT2D eigenvalue weighted by Gasteiger charge is 2.07. The summed E-state index contributed by atoms with van der Waals surface area (Å²) in [4.78, 5) is 14.8. The molecule has 3 aromatic rings. The number of hydrogen-bond acceptors (Lipinski definition) is 4. The van der Waals surface area contributed by atoms with E-state index in [0.29, 0.717) is 5.01 Å². The van der Waals surface area contributed by atoms with E-state index in [2.05, 4.69) is 10.1 Å². The van der Waals surface area contributed by atoms with Gasteiger partial charge in [0.25, 0.3) is 0 Å². The molecule has 5 heteroatoms. The van der Waals surface area contributed by atoms with Crippen LogP contribution in [0.3, 0.4) is 0 Å². The van der Waals surface area contributed by atoms with Crippen molar-refractivity contribution in [3.8, 4) is 16.9 Å². The van der Waals surface area contributed by atoms with Gasteiger partial charge >= 0.3 is 0 Å². The van der Waals surface area contributed by atoms with Crippen LogP contribution >= 0.6 is 11.3 Å². The second kappa shape index (κ2) is 4.54. The molecular weight excluding hydrogens is 246 g/mol. The van der Waals surface area contributed by atoms with E-state index in [0.717, 1.165) is 23.2 Å². The largest absolute Gasteiger partial charge is 0.295 e. The standard InChI is InChI=1S/C13H9N3OS/c17-8-13-15-12(9-18-13)10-6-14-16(7-10)11-4-2-1-3-5-11/h1-9H. The molecule has 1 aromatic carbocycles. The predicted molar refractivity (Wildman–Crippen MR) is 70.1 cm³/mol. The van der Waals surface area contributed by atoms with Crippen LogP contribution < -0.4 is 0 Å². The molecule has 0 radical (unpaired) electrons. The van der Waals surface area contributed by atoms with Gasteiger partial charge in [0.15, 0.2) is 11.3 Å². The zero-order valence-electron chi connectivity index (χ0n) is 9.35. The molecule has 0 saturated carbocycles. The van der Waals surface area contributed by atoms with Crippen LogP contribution in [0.2, 0.25) is 0 Å². The molecule has 0 aliphatic heterocycles. The lowest BCUT2D eigenvalue weighted by molar-refractivity contribution is 0.112. The highest BCUT2D eigenvalue weighted by molar-refractivity contribution is 7.11. The van der Waals surface area contributed by atoms with Gasteiger partial charge in [-0.15, -0.1) is 11.3 Å². The second-order valence-corrected chi connectivity index (χ2v) is 4.59. The van der Waals surface area contributed by atoms with Gasteiger partial charge in [-0.2, -0.15) is 5.10 Å². The van der Waals surface area contributed by atoms with Crippen LogP contribution in [-0.2, 0) is 0 Å². The van der Waals surface area contributed by atoms with Crippen LogP contribution in [0.25, 0.3) is 16.9 Å². The third-order valence-corrected chi connectivity index (χ3v) is 3.29. The summed E-state index contributed by atoms with van der Waals surface area (Å²) >= 11 is 1.33. The zero-order valence-corrected chi connectivity index (χ0v) is 10.2. The molecule has 0 bridgehead atoms. The number of aldehydes is 1. The molecule has 4 nitrogen and oxygen atoms in total. The summed E-state index contributed by atoms with van der Waals surface area (Å²) < 4.78 is 1.79. The number of nitrogens with zero attached hydrogens (tertiary/aromatic N) is 3. The van der Waals surface area contributed by atoms with Crippen LogP contribution in [0.15, 0.2) is 48.1 Å². The Morgan fingerprint density at radius 2 is 2.06 bits per heavy atom. The van der Waals surface area contributed by atoms with Crippen molar-refractivity contribution in [3.05, 3.63) is 53.1 Å². The van der Waals surface area contributed by atoms with Gasteiger partial charge in [0, 0.05) is 17.1 Å². The number of carbonyl (C=O) groups is 1. The van der Waals surface area contributed by atoms with Crippen molar-refractivity contribution in [2.75, 3.05) is 0 Å². The summed E-state index contributed by atoms with van der Waals surface area (Å²) in [5.41, 5.74) is 2.68. The zero-order chi connectivity index (χ0) is 12.4. The first kappa shape index (κ1) is 10.9. The van der Waals surface area contributed by atoms with Gasteiger partial charge in [-0.1, -0.05) is 18.2 Å². The fourth-order valence-electron chi connectivity index (χ4n) is 1.65. The molecule has 0 unspecified atom stereocenters. The van der Waals surface area contributed by atoms with Crippen LogP contribution in [0.5, 0.6) is 0 Å². The van der Waals surface area contributed by atoms with E-state index in [1.54, 1.807) is 10.9 Å². The summed E-state index contributed by atoms with van der Waals surface area (Å²) in [5.74, 6) is 0. The SMILES string of the molecule is O=Cc1nc(-c2cnn(-c3ccccc3)c2)cs1. The van der Waals surface area contributed by atoms with Gasteiger partial charge in [-0.05, 0) is 12.1 Å². The molecule has 3 rings (SSSR count). The normalized spacial score (nSPS) is 10.4. The van der Waals surface area contributed by atoms with Gasteiger partial charge in [-0.25, -0.2) is 9.67 Å². The maximum atomic E-state index is 10.6. The first-order valence-corrected chi connectivity index (χ1v) is 6.26. The molecule has 0 amide bonds. The lowest BCUT2D eigenvalue weighted by Crippen LogP contribution is -1.92. The Labute approximate surface area is 108 Å². The number of benzene rings is 1. The molecule has 18 heavy (non-hydrogen) atoms. The van der Waals surface area contributed by atoms with Crippen molar-refractivity contribution >= 4 is 17.6 Å². The number of thiazole rings is 1. The number of hydrogen-bond donors (Lipinski definition) is 0. The predicted octanol–water partition coefficient (Wildman–Crippen LogP) is 2.81. The molecule has 2 aromatic heterocycles. The average molecular weight is 255 g/mol. The third-order valence-electron chi connectivity index (χ3n) is 2.52. The second-order valence-electron chi connectivity index (χ2n) is 3.70. The Balaban J connectivity index is 1.96. The Kier molecular flexibility index (Phi) is 2.74. The van der Waals surface area contributed by atoms with Crippen LogP contribution in [0.1, 0.15) is 9.80 Å². The van der Waals surface area contributed by atoms with Gasteiger partial charge in [-0.3, -0.25) is 4.79 Å². The monoisotopic (exact) mass is 255 g/mol. The highest BCUT2D eigenvalue weighted by Crippen LogP contribution is 2.21. The summed E-state index contributed by atoms with van der Waals surface area (Å²) in [6.07, 6.45) is 4.41. The van der Waals surface area contributed by atoms with E-state index in [1.165, 1.54) is 11.3 Å². The first-order chi connectivity index (χ1) is 8.86. The fraction of sp³-hybridized carbons (Fsp3) is 0. The molecule has 0 spiro atoms. The van der Waals surface area contributed by atoms with Crippen LogP contribution in [0.4, 0.5) is 0 Å². The third kappa shape index (κ3) is 1.96. The molecule has 0 fully saturated rings. The number of para-hydroxylation sites is 1. The fourth-order valence-corrected chi connectivity index (χ4v) is 2.28. The minimum Gasteiger partial charge on any atom is -0.295 e. The van der Waals surface area contributed by atoms with Crippen molar-refractivity contribution in [2.45, 2.75) is 0 Å². The quantitative estimate of drug-likeness (QED) is 0.676. The molecule has 2 heterocycles. The Bertz CT molecular complexity index is 672. The summed E-state index contributed by atoms with van der Waals surface area (Å²) in [6.45, 7) is 0. The van der Waals surface area contributed by atoms with Crippen LogP contribution in [0, 0.1) is 0 Å². The summed E-state index contributed by atoms with van der Waals surface area (Å²) in [7, 11) is 0. The van der Waals surface area contributed by atoms with Gasteiger partial charge in [0.05, 0.1) is 17.6 Å². The number of aromatic nitrogens is 3. The molecule has 0 atom stereocenters. The number of carbonyl (C=O) groups excluding carboxylic acids is 1. The molecule has 0 saturated heterocycles. The van der Waals surface area contributed by atoms with Gasteiger partial charge in [0.2, 0.25) is 0 Å².